The van der Waals surface area contributed by atoms with Gasteiger partial charge in [0.15, 0.2) is 0 Å². The number of sulfonamides is 1. The summed E-state index contributed by atoms with van der Waals surface area (Å²) in [6.45, 7) is 4.31. The molecule has 9 heteroatoms. The van der Waals surface area contributed by atoms with Crippen LogP contribution in [-0.2, 0) is 19.6 Å². The molecule has 2 N–H and O–H groups in total. The van der Waals surface area contributed by atoms with Crippen LogP contribution >= 0.6 is 0 Å². The maximum Gasteiger partial charge on any atom is 0.313 e. The molecule has 0 unspecified atom stereocenters. The summed E-state index contributed by atoms with van der Waals surface area (Å²) in [4.78, 5) is 24.5. The van der Waals surface area contributed by atoms with Gasteiger partial charge in [0.2, 0.25) is 10.0 Å². The van der Waals surface area contributed by atoms with Gasteiger partial charge < -0.3 is 10.6 Å². The smallest absolute Gasteiger partial charge is 0.313 e. The molecule has 1 saturated heterocycles. The van der Waals surface area contributed by atoms with Crippen molar-refractivity contribution in [3.63, 3.8) is 0 Å². The van der Waals surface area contributed by atoms with E-state index in [0.717, 1.165) is 36.1 Å². The van der Waals surface area contributed by atoms with E-state index in [1.165, 1.54) is 16.4 Å². The highest BCUT2D eigenvalue weighted by Gasteiger charge is 2.33. The number of benzene rings is 2. The number of nitrogens with zero attached hydrogens (tertiary/aromatic N) is 1. The highest BCUT2D eigenvalue weighted by atomic mass is 32.2. The highest BCUT2D eigenvalue weighted by molar-refractivity contribution is 7.89. The molecular formula is C23H28FN3O4S. The Bertz CT molecular complexity index is 1090. The summed E-state index contributed by atoms with van der Waals surface area (Å²) < 4.78 is 40.7. The number of nitrogens with one attached hydrogen (secondary N) is 2. The lowest BCUT2D eigenvalue weighted by molar-refractivity contribution is -0.136. The molecule has 32 heavy (non-hydrogen) atoms. The van der Waals surface area contributed by atoms with Crippen molar-refractivity contribution in [3.8, 4) is 0 Å². The fourth-order valence-electron chi connectivity index (χ4n) is 3.82. The van der Waals surface area contributed by atoms with Crippen LogP contribution in [0.3, 0.4) is 0 Å². The molecule has 172 valence electrons. The second-order valence-corrected chi connectivity index (χ2v) is 9.86. The van der Waals surface area contributed by atoms with E-state index in [1.807, 2.05) is 19.9 Å². The molecule has 2 aromatic carbocycles. The Morgan fingerprint density at radius 2 is 1.78 bits per heavy atom. The molecule has 1 aliphatic rings. The van der Waals surface area contributed by atoms with Gasteiger partial charge in [-0.15, -0.1) is 0 Å². The first-order valence-electron chi connectivity index (χ1n) is 10.6. The number of anilines is 1. The van der Waals surface area contributed by atoms with Crippen molar-refractivity contribution in [3.05, 3.63) is 59.4 Å². The number of carbonyl (C=O) groups is 2. The third-order valence-corrected chi connectivity index (χ3v) is 7.78. The van der Waals surface area contributed by atoms with Gasteiger partial charge in [-0.3, -0.25) is 9.59 Å². The number of amides is 2. The maximum absolute atomic E-state index is 13.2. The maximum atomic E-state index is 13.2. The highest BCUT2D eigenvalue weighted by Crippen LogP contribution is 2.27. The van der Waals surface area contributed by atoms with E-state index in [0.29, 0.717) is 25.1 Å². The van der Waals surface area contributed by atoms with Crippen molar-refractivity contribution in [1.82, 2.24) is 9.62 Å². The zero-order chi connectivity index (χ0) is 23.3. The van der Waals surface area contributed by atoms with E-state index in [2.05, 4.69) is 10.6 Å². The van der Waals surface area contributed by atoms with E-state index in [4.69, 9.17) is 0 Å². The number of aryl methyl sites for hydroxylation is 1. The van der Waals surface area contributed by atoms with Gasteiger partial charge in [0.05, 0.1) is 4.90 Å². The van der Waals surface area contributed by atoms with Crippen molar-refractivity contribution >= 4 is 27.5 Å². The first-order valence-corrected chi connectivity index (χ1v) is 12.1. The summed E-state index contributed by atoms with van der Waals surface area (Å²) in [6, 6.07) is 9.91. The largest absolute Gasteiger partial charge is 0.348 e. The predicted octanol–water partition coefficient (Wildman–Crippen LogP) is 3.13. The molecule has 7 nitrogen and oxygen atoms in total. The van der Waals surface area contributed by atoms with E-state index in [-0.39, 0.29) is 17.5 Å². The number of piperidine rings is 1. The molecule has 1 heterocycles. The number of hydrogen-bond donors (Lipinski definition) is 2. The fourth-order valence-corrected chi connectivity index (χ4v) is 5.54. The van der Waals surface area contributed by atoms with Crippen LogP contribution in [0.1, 0.15) is 36.8 Å². The molecule has 1 aliphatic heterocycles. The summed E-state index contributed by atoms with van der Waals surface area (Å²) in [7, 11) is -3.77. The van der Waals surface area contributed by atoms with E-state index >= 15 is 0 Å². The second-order valence-electron chi connectivity index (χ2n) is 7.97. The van der Waals surface area contributed by atoms with Gasteiger partial charge in [-0.25, -0.2) is 12.8 Å². The van der Waals surface area contributed by atoms with Crippen molar-refractivity contribution in [2.24, 2.45) is 0 Å². The van der Waals surface area contributed by atoms with Gasteiger partial charge in [-0.2, -0.15) is 4.31 Å². The van der Waals surface area contributed by atoms with Crippen molar-refractivity contribution in [2.75, 3.05) is 18.4 Å². The average molecular weight is 462 g/mol. The van der Waals surface area contributed by atoms with Crippen LogP contribution in [0, 0.1) is 19.7 Å². The third-order valence-electron chi connectivity index (χ3n) is 5.82. The standard InChI is InChI=1S/C23H28FN3O4S/c1-16-6-5-8-21(17(16)2)26-23(29)22(28)25-14-13-19-7-3-4-15-27(19)32(30,31)20-11-9-18(24)10-12-20/h5-6,8-12,19H,3-4,7,13-15H2,1-2H3,(H,25,28)(H,26,29)/t19-/m1/s1. The molecular weight excluding hydrogens is 433 g/mol. The Balaban J connectivity index is 1.58. The first-order chi connectivity index (χ1) is 15.2. The van der Waals surface area contributed by atoms with Crippen LogP contribution in [-0.4, -0.2) is 43.7 Å². The topological polar surface area (TPSA) is 95.6 Å². The Hall–Kier alpha value is -2.78. The molecule has 0 aliphatic carbocycles. The monoisotopic (exact) mass is 461 g/mol. The van der Waals surface area contributed by atoms with Crippen molar-refractivity contribution in [2.45, 2.75) is 50.5 Å². The molecule has 0 bridgehead atoms. The molecule has 0 aromatic heterocycles. The normalized spacial score (nSPS) is 17.0. The third kappa shape index (κ3) is 5.52. The van der Waals surface area contributed by atoms with Crippen molar-refractivity contribution < 1.29 is 22.4 Å². The molecule has 2 aromatic rings. The second kappa shape index (κ2) is 10.2. The lowest BCUT2D eigenvalue weighted by atomic mass is 10.0. The van der Waals surface area contributed by atoms with Gasteiger partial charge in [0, 0.05) is 24.8 Å². The molecule has 1 atom stereocenters. The van der Waals surface area contributed by atoms with E-state index in [9.17, 15) is 22.4 Å². The van der Waals surface area contributed by atoms with Gasteiger partial charge >= 0.3 is 11.8 Å². The Morgan fingerprint density at radius 1 is 1.06 bits per heavy atom. The molecule has 1 fully saturated rings. The predicted molar refractivity (Wildman–Crippen MR) is 120 cm³/mol. The van der Waals surface area contributed by atoms with Crippen LogP contribution < -0.4 is 10.6 Å². The van der Waals surface area contributed by atoms with Crippen LogP contribution in [0.15, 0.2) is 47.4 Å². The molecule has 0 saturated carbocycles. The quantitative estimate of drug-likeness (QED) is 0.646. The molecule has 0 radical (unpaired) electrons. The average Bonchev–Trinajstić information content (AvgIpc) is 2.77. The number of rotatable bonds is 6. The summed E-state index contributed by atoms with van der Waals surface area (Å²) in [5.41, 5.74) is 2.47. The minimum atomic E-state index is -3.77. The minimum Gasteiger partial charge on any atom is -0.348 e. The molecule has 3 rings (SSSR count). The Morgan fingerprint density at radius 3 is 2.50 bits per heavy atom. The fraction of sp³-hybridized carbons (Fsp3) is 0.391. The summed E-state index contributed by atoms with van der Waals surface area (Å²) in [5.74, 6) is -2.03. The van der Waals surface area contributed by atoms with Crippen LogP contribution in [0.2, 0.25) is 0 Å². The zero-order valence-corrected chi connectivity index (χ0v) is 19.0. The van der Waals surface area contributed by atoms with Crippen molar-refractivity contribution in [1.29, 1.82) is 0 Å². The van der Waals surface area contributed by atoms with Gasteiger partial charge in [-0.05, 0) is 74.6 Å². The van der Waals surface area contributed by atoms with Crippen LogP contribution in [0.5, 0.6) is 0 Å². The molecule has 0 spiro atoms. The SMILES string of the molecule is Cc1cccc(NC(=O)C(=O)NCC[C@H]2CCCCN2S(=O)(=O)c2ccc(F)cc2)c1C. The van der Waals surface area contributed by atoms with Crippen LogP contribution in [0.4, 0.5) is 10.1 Å². The first kappa shape index (κ1) is 23.9. The van der Waals surface area contributed by atoms with Gasteiger partial charge in [0.25, 0.3) is 0 Å². The minimum absolute atomic E-state index is 0.0442. The number of hydrogen-bond acceptors (Lipinski definition) is 4. The van der Waals surface area contributed by atoms with Gasteiger partial charge in [0.1, 0.15) is 5.82 Å². The number of carbonyl (C=O) groups excluding carboxylic acids is 2. The molecule has 2 amide bonds. The number of halogens is 1. The Kier molecular flexibility index (Phi) is 7.63. The zero-order valence-electron chi connectivity index (χ0n) is 18.2. The Labute approximate surface area is 188 Å². The van der Waals surface area contributed by atoms with Gasteiger partial charge in [-0.1, -0.05) is 18.6 Å². The lowest BCUT2D eigenvalue weighted by Gasteiger charge is -2.34. The summed E-state index contributed by atoms with van der Waals surface area (Å²) in [5, 5.41) is 5.19. The van der Waals surface area contributed by atoms with E-state index < -0.39 is 27.7 Å². The lowest BCUT2D eigenvalue weighted by Crippen LogP contribution is -2.45. The summed E-state index contributed by atoms with van der Waals surface area (Å²) in [6.07, 6.45) is 2.65. The van der Waals surface area contributed by atoms with Crippen LogP contribution in [0.25, 0.3) is 0 Å². The van der Waals surface area contributed by atoms with E-state index in [1.54, 1.807) is 12.1 Å². The summed E-state index contributed by atoms with van der Waals surface area (Å²) >= 11 is 0.